The number of nitrogens with zero attached hydrogens (tertiary/aromatic N) is 1. The second-order valence-corrected chi connectivity index (χ2v) is 6.50. The van der Waals surface area contributed by atoms with Crippen molar-refractivity contribution in [2.45, 2.75) is 52.5 Å². The molecule has 1 aromatic rings. The van der Waals surface area contributed by atoms with Gasteiger partial charge in [0.2, 0.25) is 5.91 Å². The molecule has 1 heterocycles. The van der Waals surface area contributed by atoms with E-state index in [2.05, 4.69) is 27.9 Å². The zero-order chi connectivity index (χ0) is 17.1. The van der Waals surface area contributed by atoms with E-state index in [1.807, 2.05) is 32.9 Å². The molecule has 6 heteroatoms. The fraction of sp³-hybridized carbons (Fsp3) is 0.647. The minimum atomic E-state index is -0.241. The lowest BCUT2D eigenvalue weighted by molar-refractivity contribution is -0.121. The number of hydrogen-bond donors (Lipinski definition) is 3. The van der Waals surface area contributed by atoms with Gasteiger partial charge < -0.3 is 20.4 Å². The Morgan fingerprint density at radius 1 is 1.26 bits per heavy atom. The van der Waals surface area contributed by atoms with Gasteiger partial charge in [0, 0.05) is 25.0 Å². The monoisotopic (exact) mass is 322 g/mol. The molecule has 0 saturated carbocycles. The second-order valence-electron chi connectivity index (χ2n) is 6.50. The maximum Gasteiger partial charge on any atom is 0.242 e. The van der Waals surface area contributed by atoms with Crippen LogP contribution in [0.3, 0.4) is 0 Å². The minimum Gasteiger partial charge on any atom is -0.469 e. The lowest BCUT2D eigenvalue weighted by Gasteiger charge is -2.20. The largest absolute Gasteiger partial charge is 0.469 e. The Balaban J connectivity index is 2.45. The third kappa shape index (κ3) is 9.60. The van der Waals surface area contributed by atoms with E-state index in [1.54, 1.807) is 6.26 Å². The van der Waals surface area contributed by atoms with Crippen LogP contribution in [0.25, 0.3) is 0 Å². The summed E-state index contributed by atoms with van der Waals surface area (Å²) in [5.74, 6) is 1.50. The van der Waals surface area contributed by atoms with E-state index >= 15 is 0 Å². The molecule has 0 spiro atoms. The topological polar surface area (TPSA) is 78.7 Å². The van der Waals surface area contributed by atoms with Gasteiger partial charge in [-0.25, -0.2) is 4.99 Å². The summed E-state index contributed by atoms with van der Waals surface area (Å²) >= 11 is 0. The zero-order valence-electron chi connectivity index (χ0n) is 14.7. The molecule has 0 atom stereocenters. The predicted molar refractivity (Wildman–Crippen MR) is 93.5 cm³/mol. The Kier molecular flexibility index (Phi) is 8.22. The summed E-state index contributed by atoms with van der Waals surface area (Å²) in [6.07, 6.45) is 4.61. The molecule has 0 aliphatic rings. The van der Waals surface area contributed by atoms with Crippen LogP contribution in [0.2, 0.25) is 0 Å². The maximum atomic E-state index is 11.9. The average Bonchev–Trinajstić information content (AvgIpc) is 2.95. The van der Waals surface area contributed by atoms with Crippen LogP contribution in [0, 0.1) is 0 Å². The maximum absolute atomic E-state index is 11.9. The summed E-state index contributed by atoms with van der Waals surface area (Å²) in [7, 11) is 0. The summed E-state index contributed by atoms with van der Waals surface area (Å²) in [4.78, 5) is 16.2. The molecule has 6 nitrogen and oxygen atoms in total. The highest BCUT2D eigenvalue weighted by Crippen LogP contribution is 1.99. The van der Waals surface area contributed by atoms with E-state index in [9.17, 15) is 4.79 Å². The number of hydrogen-bond acceptors (Lipinski definition) is 3. The van der Waals surface area contributed by atoms with Crippen molar-refractivity contribution >= 4 is 11.9 Å². The molecule has 0 fully saturated rings. The number of carbonyl (C=O) groups excluding carboxylic acids is 1. The van der Waals surface area contributed by atoms with E-state index in [0.717, 1.165) is 31.6 Å². The standard InChI is InChI=1S/C17H30N4O2/c1-5-6-10-18-16(19-11-9-14-8-7-12-23-14)20-13-15(22)21-17(2,3)4/h7-8,12H,5-6,9-11,13H2,1-4H3,(H,21,22)(H2,18,19,20). The van der Waals surface area contributed by atoms with Crippen molar-refractivity contribution in [2.75, 3.05) is 19.6 Å². The Bertz CT molecular complexity index is 475. The second kappa shape index (κ2) is 9.92. The third-order valence-corrected chi connectivity index (χ3v) is 2.96. The first-order valence-electron chi connectivity index (χ1n) is 8.26. The Morgan fingerprint density at radius 2 is 2.00 bits per heavy atom. The molecule has 1 aromatic heterocycles. The molecule has 130 valence electrons. The van der Waals surface area contributed by atoms with E-state index < -0.39 is 0 Å². The molecule has 23 heavy (non-hydrogen) atoms. The molecular formula is C17H30N4O2. The van der Waals surface area contributed by atoms with Gasteiger partial charge in [0.15, 0.2) is 5.96 Å². The highest BCUT2D eigenvalue weighted by Gasteiger charge is 2.13. The van der Waals surface area contributed by atoms with Crippen LogP contribution in [0.5, 0.6) is 0 Å². The number of carbonyl (C=O) groups is 1. The quantitative estimate of drug-likeness (QED) is 0.389. The van der Waals surface area contributed by atoms with Crippen LogP contribution in [-0.2, 0) is 11.2 Å². The first-order valence-corrected chi connectivity index (χ1v) is 8.26. The average molecular weight is 322 g/mol. The van der Waals surface area contributed by atoms with Crippen molar-refractivity contribution in [3.8, 4) is 0 Å². The lowest BCUT2D eigenvalue weighted by atomic mass is 10.1. The first kappa shape index (κ1) is 19.1. The van der Waals surface area contributed by atoms with Gasteiger partial charge in [0.25, 0.3) is 0 Å². The molecule has 1 amide bonds. The Morgan fingerprint density at radius 3 is 2.61 bits per heavy atom. The van der Waals surface area contributed by atoms with E-state index in [-0.39, 0.29) is 18.0 Å². The summed E-state index contributed by atoms with van der Waals surface area (Å²) in [6.45, 7) is 9.65. The number of amides is 1. The van der Waals surface area contributed by atoms with Crippen LogP contribution in [0.1, 0.15) is 46.3 Å². The number of aliphatic imine (C=N–C) groups is 1. The smallest absolute Gasteiger partial charge is 0.242 e. The van der Waals surface area contributed by atoms with Crippen LogP contribution in [0.15, 0.2) is 27.8 Å². The van der Waals surface area contributed by atoms with Gasteiger partial charge in [0.05, 0.1) is 6.26 Å². The van der Waals surface area contributed by atoms with Gasteiger partial charge in [-0.15, -0.1) is 0 Å². The third-order valence-electron chi connectivity index (χ3n) is 2.96. The molecule has 0 aliphatic carbocycles. The fourth-order valence-electron chi connectivity index (χ4n) is 1.93. The van der Waals surface area contributed by atoms with Crippen molar-refractivity contribution in [1.29, 1.82) is 0 Å². The van der Waals surface area contributed by atoms with Gasteiger partial charge in [-0.05, 0) is 39.3 Å². The first-order chi connectivity index (χ1) is 10.9. The van der Waals surface area contributed by atoms with Crippen LogP contribution in [-0.4, -0.2) is 37.0 Å². The van der Waals surface area contributed by atoms with Crippen molar-refractivity contribution in [1.82, 2.24) is 16.0 Å². The number of rotatable bonds is 8. The van der Waals surface area contributed by atoms with E-state index in [0.29, 0.717) is 12.5 Å². The van der Waals surface area contributed by atoms with Crippen LogP contribution < -0.4 is 16.0 Å². The van der Waals surface area contributed by atoms with Gasteiger partial charge in [-0.3, -0.25) is 4.79 Å². The normalized spacial score (nSPS) is 12.1. The summed E-state index contributed by atoms with van der Waals surface area (Å²) < 4.78 is 5.30. The zero-order valence-corrected chi connectivity index (χ0v) is 14.7. The van der Waals surface area contributed by atoms with Crippen LogP contribution in [0.4, 0.5) is 0 Å². The molecule has 0 unspecified atom stereocenters. The van der Waals surface area contributed by atoms with Gasteiger partial charge in [-0.1, -0.05) is 13.3 Å². The number of nitrogens with one attached hydrogen (secondary N) is 3. The lowest BCUT2D eigenvalue weighted by Crippen LogP contribution is -2.43. The predicted octanol–water partition coefficient (Wildman–Crippen LogP) is 2.07. The van der Waals surface area contributed by atoms with Crippen molar-refractivity contribution in [3.05, 3.63) is 24.2 Å². The molecule has 1 rings (SSSR count). The molecule has 0 bridgehead atoms. The molecular weight excluding hydrogens is 292 g/mol. The number of unbranched alkanes of at least 4 members (excludes halogenated alkanes) is 1. The van der Waals surface area contributed by atoms with Crippen molar-refractivity contribution < 1.29 is 9.21 Å². The number of furan rings is 1. The van der Waals surface area contributed by atoms with Gasteiger partial charge in [0.1, 0.15) is 12.3 Å². The summed E-state index contributed by atoms with van der Waals surface area (Å²) in [5.41, 5.74) is -0.241. The van der Waals surface area contributed by atoms with Crippen molar-refractivity contribution in [3.63, 3.8) is 0 Å². The number of guanidine groups is 1. The molecule has 3 N–H and O–H groups in total. The van der Waals surface area contributed by atoms with E-state index in [4.69, 9.17) is 4.42 Å². The Hall–Kier alpha value is -1.98. The van der Waals surface area contributed by atoms with E-state index in [1.165, 1.54) is 0 Å². The minimum absolute atomic E-state index is 0.0832. The van der Waals surface area contributed by atoms with Gasteiger partial charge in [-0.2, -0.15) is 0 Å². The SMILES string of the molecule is CCCCNC(=NCC(=O)NC(C)(C)C)NCCc1ccco1. The highest BCUT2D eigenvalue weighted by atomic mass is 16.3. The Labute approximate surface area is 139 Å². The molecule has 0 aliphatic heterocycles. The van der Waals surface area contributed by atoms with Crippen molar-refractivity contribution in [2.24, 2.45) is 4.99 Å². The molecule has 0 saturated heterocycles. The van der Waals surface area contributed by atoms with Crippen LogP contribution >= 0.6 is 0 Å². The molecule has 0 aromatic carbocycles. The summed E-state index contributed by atoms with van der Waals surface area (Å²) in [5, 5.41) is 9.38. The summed E-state index contributed by atoms with van der Waals surface area (Å²) in [6, 6.07) is 3.82. The van der Waals surface area contributed by atoms with Gasteiger partial charge >= 0.3 is 0 Å². The fourth-order valence-corrected chi connectivity index (χ4v) is 1.93. The molecule has 0 radical (unpaired) electrons. The highest BCUT2D eigenvalue weighted by molar-refractivity contribution is 5.85.